The molecule has 1 amide bonds. The van der Waals surface area contributed by atoms with Crippen molar-refractivity contribution in [1.82, 2.24) is 20.2 Å². The molecule has 0 unspecified atom stereocenters. The molecule has 1 heterocycles. The number of esters is 2. The van der Waals surface area contributed by atoms with Gasteiger partial charge < -0.3 is 24.9 Å². The fourth-order valence-corrected chi connectivity index (χ4v) is 3.52. The lowest BCUT2D eigenvalue weighted by Crippen LogP contribution is -2.70. The van der Waals surface area contributed by atoms with Gasteiger partial charge in [0, 0.05) is 6.54 Å². The van der Waals surface area contributed by atoms with E-state index in [-0.39, 0.29) is 32.1 Å². The van der Waals surface area contributed by atoms with E-state index in [1.54, 1.807) is 74.5 Å². The van der Waals surface area contributed by atoms with Crippen LogP contribution in [0.15, 0.2) is 66.9 Å². The molecule has 0 aliphatic heterocycles. The number of hydrogen-bond acceptors (Lipinski definition) is 9. The Morgan fingerprint density at radius 1 is 0.946 bits per heavy atom. The molecule has 0 bridgehead atoms. The normalized spacial score (nSPS) is 11.0. The standard InChI is InChI=1S/C25H27N5O7/c1-3-36-23(32)25(24(33)37-4-2,27-15-18-11-7-5-8-12-18)28-22(31)21-26-16-20(30(34)35)29(21)17-19-13-9-6-10-14-19/h5-14,16,27H,3-4,15,17H2,1-2H3,(H,28,31). The van der Waals surface area contributed by atoms with Crippen molar-refractivity contribution >= 4 is 23.7 Å². The Morgan fingerprint density at radius 3 is 2.00 bits per heavy atom. The van der Waals surface area contributed by atoms with Crippen molar-refractivity contribution in [1.29, 1.82) is 0 Å². The van der Waals surface area contributed by atoms with Gasteiger partial charge in [-0.3, -0.25) is 10.1 Å². The van der Waals surface area contributed by atoms with E-state index in [0.717, 1.165) is 10.8 Å². The molecule has 0 radical (unpaired) electrons. The molecule has 2 N–H and O–H groups in total. The Kier molecular flexibility index (Phi) is 9.05. The van der Waals surface area contributed by atoms with E-state index < -0.39 is 34.2 Å². The second kappa shape index (κ2) is 12.4. The Hall–Kier alpha value is -4.58. The average molecular weight is 510 g/mol. The third kappa shape index (κ3) is 6.35. The van der Waals surface area contributed by atoms with E-state index in [9.17, 15) is 24.5 Å². The molecule has 0 aliphatic carbocycles. The summed E-state index contributed by atoms with van der Waals surface area (Å²) in [7, 11) is 0. The van der Waals surface area contributed by atoms with E-state index in [1.165, 1.54) is 0 Å². The quantitative estimate of drug-likeness (QED) is 0.123. The molecule has 1 aromatic heterocycles. The number of rotatable bonds is 12. The van der Waals surface area contributed by atoms with E-state index in [1.807, 2.05) is 0 Å². The third-order valence-corrected chi connectivity index (χ3v) is 5.27. The Balaban J connectivity index is 2.02. The van der Waals surface area contributed by atoms with Gasteiger partial charge in [0.2, 0.25) is 0 Å². The van der Waals surface area contributed by atoms with Crippen molar-refractivity contribution in [3.8, 4) is 0 Å². The molecule has 0 saturated heterocycles. The van der Waals surface area contributed by atoms with Gasteiger partial charge in [-0.25, -0.2) is 14.6 Å². The largest absolute Gasteiger partial charge is 0.463 e. The van der Waals surface area contributed by atoms with Gasteiger partial charge in [0.05, 0.1) is 13.2 Å². The van der Waals surface area contributed by atoms with Gasteiger partial charge in [-0.1, -0.05) is 60.7 Å². The lowest BCUT2D eigenvalue weighted by molar-refractivity contribution is -0.392. The predicted octanol–water partition coefficient (Wildman–Crippen LogP) is 2.18. The van der Waals surface area contributed by atoms with Crippen LogP contribution in [0.1, 0.15) is 35.6 Å². The van der Waals surface area contributed by atoms with Crippen LogP contribution in [0.4, 0.5) is 5.82 Å². The fraction of sp³-hybridized carbons (Fsp3) is 0.280. The topological polar surface area (TPSA) is 155 Å². The second-order valence-electron chi connectivity index (χ2n) is 7.75. The van der Waals surface area contributed by atoms with Gasteiger partial charge in [-0.2, -0.15) is 4.57 Å². The van der Waals surface area contributed by atoms with Crippen LogP contribution in [0.2, 0.25) is 0 Å². The molecule has 12 heteroatoms. The van der Waals surface area contributed by atoms with Crippen LogP contribution in [-0.2, 0) is 32.2 Å². The van der Waals surface area contributed by atoms with Crippen molar-refractivity contribution in [3.05, 3.63) is 93.9 Å². The second-order valence-corrected chi connectivity index (χ2v) is 7.75. The molecule has 12 nitrogen and oxygen atoms in total. The summed E-state index contributed by atoms with van der Waals surface area (Å²) in [6.07, 6.45) is 0.936. The zero-order valence-corrected chi connectivity index (χ0v) is 20.4. The first-order chi connectivity index (χ1) is 17.8. The molecular weight excluding hydrogens is 482 g/mol. The van der Waals surface area contributed by atoms with Gasteiger partial charge in [0.1, 0.15) is 12.7 Å². The lowest BCUT2D eigenvalue weighted by Gasteiger charge is -2.30. The summed E-state index contributed by atoms with van der Waals surface area (Å²) in [6, 6.07) is 17.6. The number of carbonyl (C=O) groups excluding carboxylic acids is 3. The molecule has 0 saturated carbocycles. The number of nitro groups is 1. The van der Waals surface area contributed by atoms with Crippen LogP contribution in [0.3, 0.4) is 0 Å². The minimum absolute atomic E-state index is 0.0165. The lowest BCUT2D eigenvalue weighted by atomic mass is 10.1. The van der Waals surface area contributed by atoms with Crippen molar-refractivity contribution in [2.75, 3.05) is 13.2 Å². The summed E-state index contributed by atoms with van der Waals surface area (Å²) in [4.78, 5) is 54.6. The van der Waals surface area contributed by atoms with Gasteiger partial charge >= 0.3 is 23.7 Å². The Bertz CT molecular complexity index is 1230. The Labute approximate surface area is 212 Å². The number of imidazole rings is 1. The highest BCUT2D eigenvalue weighted by Crippen LogP contribution is 2.19. The van der Waals surface area contributed by atoms with Crippen LogP contribution in [-0.4, -0.2) is 51.2 Å². The number of benzene rings is 2. The van der Waals surface area contributed by atoms with E-state index >= 15 is 0 Å². The van der Waals surface area contributed by atoms with Crippen LogP contribution in [0, 0.1) is 10.1 Å². The first-order valence-electron chi connectivity index (χ1n) is 11.5. The molecule has 37 heavy (non-hydrogen) atoms. The monoisotopic (exact) mass is 509 g/mol. The number of amides is 1. The van der Waals surface area contributed by atoms with Crippen molar-refractivity contribution in [2.45, 2.75) is 32.6 Å². The minimum atomic E-state index is -2.45. The van der Waals surface area contributed by atoms with E-state index in [2.05, 4.69) is 15.6 Å². The summed E-state index contributed by atoms with van der Waals surface area (Å²) in [6.45, 7) is 2.85. The molecule has 3 aromatic rings. The van der Waals surface area contributed by atoms with Crippen LogP contribution in [0.5, 0.6) is 0 Å². The maximum absolute atomic E-state index is 13.5. The number of hydrogen-bond donors (Lipinski definition) is 2. The maximum atomic E-state index is 13.5. The summed E-state index contributed by atoms with van der Waals surface area (Å²) in [5.41, 5.74) is -1.07. The fourth-order valence-electron chi connectivity index (χ4n) is 3.52. The molecule has 0 atom stereocenters. The average Bonchev–Trinajstić information content (AvgIpc) is 3.32. The molecule has 0 fully saturated rings. The highest BCUT2D eigenvalue weighted by Gasteiger charge is 2.51. The molecule has 0 aliphatic rings. The van der Waals surface area contributed by atoms with Gasteiger partial charge in [-0.05, 0) is 29.9 Å². The molecule has 3 rings (SSSR count). The van der Waals surface area contributed by atoms with Crippen molar-refractivity contribution in [2.24, 2.45) is 0 Å². The molecule has 2 aromatic carbocycles. The van der Waals surface area contributed by atoms with Crippen LogP contribution < -0.4 is 10.6 Å². The molecule has 194 valence electrons. The third-order valence-electron chi connectivity index (χ3n) is 5.27. The van der Waals surface area contributed by atoms with Crippen molar-refractivity contribution in [3.63, 3.8) is 0 Å². The summed E-state index contributed by atoms with van der Waals surface area (Å²) in [5, 5.41) is 16.8. The minimum Gasteiger partial charge on any atom is -0.463 e. The predicted molar refractivity (Wildman–Crippen MR) is 131 cm³/mol. The first kappa shape index (κ1) is 27.0. The summed E-state index contributed by atoms with van der Waals surface area (Å²) >= 11 is 0. The maximum Gasteiger partial charge on any atom is 0.359 e. The van der Waals surface area contributed by atoms with Crippen molar-refractivity contribution < 1.29 is 28.8 Å². The Morgan fingerprint density at radius 2 is 1.49 bits per heavy atom. The van der Waals surface area contributed by atoms with Crippen LogP contribution >= 0.6 is 0 Å². The smallest absolute Gasteiger partial charge is 0.359 e. The summed E-state index contributed by atoms with van der Waals surface area (Å²) < 4.78 is 11.3. The molecular formula is C25H27N5O7. The van der Waals surface area contributed by atoms with E-state index in [0.29, 0.717) is 11.1 Å². The zero-order chi connectivity index (χ0) is 26.8. The summed E-state index contributed by atoms with van der Waals surface area (Å²) in [5.74, 6) is -4.05. The van der Waals surface area contributed by atoms with Crippen LogP contribution in [0.25, 0.3) is 0 Å². The SMILES string of the molecule is CCOC(=O)C(NCc1ccccc1)(NC(=O)c1ncc([N+](=O)[O-])n1Cc1ccccc1)C(=O)OCC. The zero-order valence-electron chi connectivity index (χ0n) is 20.4. The number of nitrogens with zero attached hydrogens (tertiary/aromatic N) is 3. The first-order valence-corrected chi connectivity index (χ1v) is 11.5. The number of nitrogens with one attached hydrogen (secondary N) is 2. The number of aromatic nitrogens is 2. The van der Waals surface area contributed by atoms with Gasteiger partial charge in [0.25, 0.3) is 11.5 Å². The van der Waals surface area contributed by atoms with E-state index in [4.69, 9.17) is 9.47 Å². The highest BCUT2D eigenvalue weighted by atomic mass is 16.6. The number of carbonyl (C=O) groups is 3. The highest BCUT2D eigenvalue weighted by molar-refractivity contribution is 6.09. The molecule has 0 spiro atoms. The van der Waals surface area contributed by atoms with Gasteiger partial charge in [-0.15, -0.1) is 0 Å². The number of ether oxygens (including phenoxy) is 2. The van der Waals surface area contributed by atoms with Gasteiger partial charge in [0.15, 0.2) is 0 Å².